The molecule has 7 heteroatoms. The van der Waals surface area contributed by atoms with Crippen LogP contribution in [0.3, 0.4) is 0 Å². The molecule has 1 saturated heterocycles. The molecule has 2 aromatic rings. The monoisotopic (exact) mass is 436 g/mol. The fraction of sp³-hybridized carbons (Fsp3) is 0.364. The summed E-state index contributed by atoms with van der Waals surface area (Å²) in [6, 6.07) is 15.6. The molecule has 1 atom stereocenters. The Morgan fingerprint density at radius 2 is 1.90 bits per heavy atom. The van der Waals surface area contributed by atoms with E-state index in [0.717, 1.165) is 26.1 Å². The molecule has 0 saturated carbocycles. The van der Waals surface area contributed by atoms with Crippen molar-refractivity contribution in [1.82, 2.24) is 10.3 Å². The fourth-order valence-electron chi connectivity index (χ4n) is 3.19. The standard InChI is InChI=1S/C20H24Cl2N4O.C2H6/c21-15-6-7-17(18(22)10-15)20(23)19(25-24)13-27-16-8-9-26(12-16)11-14-4-2-1-3-5-14;1-2/h1-7,10,16,25H,8-9,11-13,23-24H2;1-2H3/b20-19-;/t16-;/m0./s1. The van der Waals surface area contributed by atoms with Gasteiger partial charge in [0.15, 0.2) is 0 Å². The minimum atomic E-state index is 0.144. The third-order valence-electron chi connectivity index (χ3n) is 4.66. The Morgan fingerprint density at radius 3 is 2.55 bits per heavy atom. The van der Waals surface area contributed by atoms with Crippen molar-refractivity contribution in [3.63, 3.8) is 0 Å². The maximum absolute atomic E-state index is 6.23. The lowest BCUT2D eigenvalue weighted by Crippen LogP contribution is -2.30. The van der Waals surface area contributed by atoms with Crippen LogP contribution in [0.4, 0.5) is 0 Å². The van der Waals surface area contributed by atoms with E-state index in [1.165, 1.54) is 5.56 Å². The lowest BCUT2D eigenvalue weighted by Gasteiger charge is -2.18. The molecule has 0 radical (unpaired) electrons. The Bertz CT molecular complexity index is 799. The lowest BCUT2D eigenvalue weighted by atomic mass is 10.1. The molecule has 0 amide bonds. The van der Waals surface area contributed by atoms with Crippen molar-refractivity contribution in [2.24, 2.45) is 11.6 Å². The molecule has 29 heavy (non-hydrogen) atoms. The summed E-state index contributed by atoms with van der Waals surface area (Å²) in [5.74, 6) is 5.66. The number of nitrogens with two attached hydrogens (primary N) is 2. The highest BCUT2D eigenvalue weighted by atomic mass is 35.5. The van der Waals surface area contributed by atoms with Crippen molar-refractivity contribution >= 4 is 28.9 Å². The molecule has 0 unspecified atom stereocenters. The minimum Gasteiger partial charge on any atom is -0.397 e. The average Bonchev–Trinajstić information content (AvgIpc) is 3.18. The molecule has 0 aliphatic carbocycles. The molecule has 0 bridgehead atoms. The van der Waals surface area contributed by atoms with Gasteiger partial charge in [0.05, 0.1) is 29.1 Å². The molecule has 5 N–H and O–H groups in total. The Balaban J connectivity index is 0.00000145. The Morgan fingerprint density at radius 1 is 1.17 bits per heavy atom. The summed E-state index contributed by atoms with van der Waals surface area (Å²) in [5.41, 5.74) is 11.9. The number of hydrazine groups is 1. The maximum Gasteiger partial charge on any atom is 0.0901 e. The first-order valence-corrected chi connectivity index (χ1v) is 10.6. The maximum atomic E-state index is 6.23. The number of rotatable bonds is 7. The molecule has 1 aliphatic heterocycles. The van der Waals surface area contributed by atoms with E-state index >= 15 is 0 Å². The lowest BCUT2D eigenvalue weighted by molar-refractivity contribution is 0.0725. The van der Waals surface area contributed by atoms with Gasteiger partial charge in [0.1, 0.15) is 0 Å². The zero-order valence-electron chi connectivity index (χ0n) is 17.0. The van der Waals surface area contributed by atoms with Crippen molar-refractivity contribution < 1.29 is 4.74 Å². The van der Waals surface area contributed by atoms with Crippen molar-refractivity contribution in [2.75, 3.05) is 19.7 Å². The number of likely N-dealkylation sites (tertiary alicyclic amines) is 1. The van der Waals surface area contributed by atoms with Crippen molar-refractivity contribution in [1.29, 1.82) is 0 Å². The third kappa shape index (κ3) is 6.91. The summed E-state index contributed by atoms with van der Waals surface area (Å²) in [4.78, 5) is 2.39. The fourth-order valence-corrected chi connectivity index (χ4v) is 3.70. The van der Waals surface area contributed by atoms with Crippen LogP contribution in [0, 0.1) is 0 Å². The van der Waals surface area contributed by atoms with Crippen LogP contribution in [0.5, 0.6) is 0 Å². The van der Waals surface area contributed by atoms with Gasteiger partial charge >= 0.3 is 0 Å². The van der Waals surface area contributed by atoms with E-state index in [2.05, 4.69) is 34.6 Å². The SMILES string of the molecule is CC.NN/C(CO[C@H]1CCN(Cc2ccccc2)C1)=C(\N)c1ccc(Cl)cc1Cl. The minimum absolute atomic E-state index is 0.144. The van der Waals surface area contributed by atoms with Crippen LogP contribution in [-0.2, 0) is 11.3 Å². The van der Waals surface area contributed by atoms with Crippen molar-refractivity contribution in [2.45, 2.75) is 32.9 Å². The van der Waals surface area contributed by atoms with Gasteiger partial charge in [0, 0.05) is 30.2 Å². The number of benzene rings is 2. The number of ether oxygens (including phenoxy) is 1. The van der Waals surface area contributed by atoms with E-state index in [9.17, 15) is 0 Å². The summed E-state index contributed by atoms with van der Waals surface area (Å²) in [7, 11) is 0. The number of nitrogens with one attached hydrogen (secondary N) is 1. The highest BCUT2D eigenvalue weighted by Gasteiger charge is 2.23. The topological polar surface area (TPSA) is 76.5 Å². The van der Waals surface area contributed by atoms with E-state index in [4.69, 9.17) is 39.5 Å². The Labute approximate surface area is 183 Å². The van der Waals surface area contributed by atoms with Crippen LogP contribution in [0.2, 0.25) is 10.0 Å². The van der Waals surface area contributed by atoms with Crippen molar-refractivity contribution in [3.05, 3.63) is 75.4 Å². The quantitative estimate of drug-likeness (QED) is 0.442. The smallest absolute Gasteiger partial charge is 0.0901 e. The van der Waals surface area contributed by atoms with Crippen LogP contribution >= 0.6 is 23.2 Å². The van der Waals surface area contributed by atoms with Gasteiger partial charge in [-0.15, -0.1) is 0 Å². The van der Waals surface area contributed by atoms with Crippen LogP contribution in [0.25, 0.3) is 5.70 Å². The second-order valence-electron chi connectivity index (χ2n) is 6.60. The molecule has 1 aliphatic rings. The van der Waals surface area contributed by atoms with E-state index in [1.54, 1.807) is 18.2 Å². The van der Waals surface area contributed by atoms with Gasteiger partial charge in [-0.2, -0.15) is 0 Å². The Hall–Kier alpha value is -1.76. The van der Waals surface area contributed by atoms with Gasteiger partial charge in [-0.05, 0) is 30.2 Å². The van der Waals surface area contributed by atoms with Crippen LogP contribution < -0.4 is 17.0 Å². The first-order chi connectivity index (χ1) is 14.1. The van der Waals surface area contributed by atoms with Crippen LogP contribution in [0.1, 0.15) is 31.4 Å². The zero-order chi connectivity index (χ0) is 21.2. The molecule has 0 aromatic heterocycles. The number of halogens is 2. The molecule has 0 spiro atoms. The van der Waals surface area contributed by atoms with E-state index in [0.29, 0.717) is 33.6 Å². The van der Waals surface area contributed by atoms with Gasteiger partial charge in [-0.3, -0.25) is 10.7 Å². The highest BCUT2D eigenvalue weighted by molar-refractivity contribution is 6.35. The number of hydrogen-bond acceptors (Lipinski definition) is 5. The normalized spacial score (nSPS) is 17.3. The average molecular weight is 437 g/mol. The van der Waals surface area contributed by atoms with Gasteiger partial charge in [-0.25, -0.2) is 0 Å². The second-order valence-corrected chi connectivity index (χ2v) is 7.45. The van der Waals surface area contributed by atoms with Crippen molar-refractivity contribution in [3.8, 4) is 0 Å². The molecule has 1 heterocycles. The zero-order valence-corrected chi connectivity index (χ0v) is 18.5. The number of hydrogen-bond donors (Lipinski definition) is 3. The van der Waals surface area contributed by atoms with E-state index in [1.807, 2.05) is 19.9 Å². The second kappa shape index (κ2) is 12.1. The van der Waals surface area contributed by atoms with Crippen LogP contribution in [0.15, 0.2) is 54.2 Å². The third-order valence-corrected chi connectivity index (χ3v) is 5.21. The molecule has 3 rings (SSSR count). The summed E-state index contributed by atoms with van der Waals surface area (Å²) >= 11 is 12.2. The summed E-state index contributed by atoms with van der Waals surface area (Å²) < 4.78 is 6.04. The summed E-state index contributed by atoms with van der Waals surface area (Å²) in [6.07, 6.45) is 1.12. The predicted molar refractivity (Wildman–Crippen MR) is 122 cm³/mol. The van der Waals surface area contributed by atoms with Gasteiger partial charge in [-0.1, -0.05) is 67.4 Å². The summed E-state index contributed by atoms with van der Waals surface area (Å²) in [5, 5.41) is 1.03. The first kappa shape index (κ1) is 23.5. The van der Waals surface area contributed by atoms with Gasteiger partial charge in [0.25, 0.3) is 0 Å². The van der Waals surface area contributed by atoms with Gasteiger partial charge in [0.2, 0.25) is 0 Å². The van der Waals surface area contributed by atoms with Crippen LogP contribution in [-0.4, -0.2) is 30.7 Å². The molecular formula is C22H30Cl2N4O. The Kier molecular flexibility index (Phi) is 9.78. The first-order valence-electron chi connectivity index (χ1n) is 9.85. The highest BCUT2D eigenvalue weighted by Crippen LogP contribution is 2.26. The molecule has 1 fully saturated rings. The largest absolute Gasteiger partial charge is 0.397 e. The molecule has 2 aromatic carbocycles. The van der Waals surface area contributed by atoms with E-state index in [-0.39, 0.29) is 6.10 Å². The molecule has 5 nitrogen and oxygen atoms in total. The molecule has 158 valence electrons. The predicted octanol–water partition coefficient (Wildman–Crippen LogP) is 4.40. The molecular weight excluding hydrogens is 407 g/mol. The van der Waals surface area contributed by atoms with E-state index < -0.39 is 0 Å². The summed E-state index contributed by atoms with van der Waals surface area (Å²) in [6.45, 7) is 7.12. The van der Waals surface area contributed by atoms with Gasteiger partial charge < -0.3 is 15.9 Å². The number of nitrogens with zero attached hydrogens (tertiary/aromatic N) is 1.